The van der Waals surface area contributed by atoms with Crippen LogP contribution in [0.5, 0.6) is 0 Å². The fourth-order valence-corrected chi connectivity index (χ4v) is 3.71. The Hall–Kier alpha value is -0.950. The van der Waals surface area contributed by atoms with E-state index in [-0.39, 0.29) is 23.5 Å². The van der Waals surface area contributed by atoms with Gasteiger partial charge in [0.1, 0.15) is 5.01 Å². The van der Waals surface area contributed by atoms with Crippen LogP contribution >= 0.6 is 23.1 Å². The molecule has 1 aliphatic heterocycles. The lowest BCUT2D eigenvalue weighted by Crippen LogP contribution is -2.31. The standard InChI is InChI=1S/C12H17N3O2S2/c1-3-5-6-9-13-14-12(19-9)15-10(16)7-8(11(15)17)18-4-2/h8H,3-7H2,1-2H3. The second kappa shape index (κ2) is 6.47. The summed E-state index contributed by atoms with van der Waals surface area (Å²) in [5.74, 6) is 0.527. The highest BCUT2D eigenvalue weighted by molar-refractivity contribution is 8.00. The van der Waals surface area contributed by atoms with Gasteiger partial charge in [0.25, 0.3) is 0 Å². The molecule has 5 nitrogen and oxygen atoms in total. The van der Waals surface area contributed by atoms with Crippen molar-refractivity contribution >= 4 is 40.0 Å². The predicted molar refractivity (Wildman–Crippen MR) is 77.6 cm³/mol. The SMILES string of the molecule is CCCCc1nnc(N2C(=O)CC(SCC)C2=O)s1. The van der Waals surface area contributed by atoms with Crippen molar-refractivity contribution in [3.8, 4) is 0 Å². The van der Waals surface area contributed by atoms with E-state index in [2.05, 4.69) is 17.1 Å². The maximum absolute atomic E-state index is 12.2. The molecule has 1 atom stereocenters. The van der Waals surface area contributed by atoms with Crippen molar-refractivity contribution < 1.29 is 9.59 Å². The lowest BCUT2D eigenvalue weighted by atomic mass is 10.3. The molecule has 1 unspecified atom stereocenters. The monoisotopic (exact) mass is 299 g/mol. The lowest BCUT2D eigenvalue weighted by molar-refractivity contribution is -0.121. The average Bonchev–Trinajstić information content (AvgIpc) is 2.93. The molecular formula is C12H17N3O2S2. The summed E-state index contributed by atoms with van der Waals surface area (Å²) in [6.45, 7) is 4.10. The first-order chi connectivity index (χ1) is 9.17. The van der Waals surface area contributed by atoms with Crippen molar-refractivity contribution in [1.82, 2.24) is 10.2 Å². The number of aromatic nitrogens is 2. The molecule has 1 aliphatic rings. The Bertz CT molecular complexity index is 475. The van der Waals surface area contributed by atoms with E-state index in [1.165, 1.54) is 28.0 Å². The molecule has 1 aromatic heterocycles. The molecule has 0 radical (unpaired) electrons. The van der Waals surface area contributed by atoms with Gasteiger partial charge in [-0.2, -0.15) is 0 Å². The Morgan fingerprint density at radius 3 is 2.84 bits per heavy atom. The van der Waals surface area contributed by atoms with Crippen molar-refractivity contribution in [2.75, 3.05) is 10.7 Å². The van der Waals surface area contributed by atoms with Gasteiger partial charge in [-0.15, -0.1) is 22.0 Å². The van der Waals surface area contributed by atoms with Crippen LogP contribution in [0.1, 0.15) is 38.1 Å². The van der Waals surface area contributed by atoms with Gasteiger partial charge in [-0.05, 0) is 12.2 Å². The highest BCUT2D eigenvalue weighted by Crippen LogP contribution is 2.31. The Balaban J connectivity index is 2.10. The number of imide groups is 1. The summed E-state index contributed by atoms with van der Waals surface area (Å²) in [4.78, 5) is 25.3. The van der Waals surface area contributed by atoms with Gasteiger partial charge in [-0.25, -0.2) is 4.90 Å². The molecule has 0 saturated carbocycles. The fraction of sp³-hybridized carbons (Fsp3) is 0.667. The fourth-order valence-electron chi connectivity index (χ4n) is 1.90. The van der Waals surface area contributed by atoms with E-state index >= 15 is 0 Å². The molecule has 2 amide bonds. The molecule has 0 spiro atoms. The van der Waals surface area contributed by atoms with E-state index in [9.17, 15) is 9.59 Å². The topological polar surface area (TPSA) is 63.2 Å². The van der Waals surface area contributed by atoms with Gasteiger partial charge >= 0.3 is 0 Å². The first-order valence-corrected chi connectivity index (χ1v) is 8.34. The summed E-state index contributed by atoms with van der Waals surface area (Å²) in [6, 6.07) is 0. The molecule has 1 fully saturated rings. The minimum Gasteiger partial charge on any atom is -0.274 e. The normalized spacial score (nSPS) is 19.5. The van der Waals surface area contributed by atoms with E-state index in [1.807, 2.05) is 6.92 Å². The number of hydrogen-bond acceptors (Lipinski definition) is 6. The van der Waals surface area contributed by atoms with Crippen LogP contribution in [-0.2, 0) is 16.0 Å². The largest absolute Gasteiger partial charge is 0.274 e. The van der Waals surface area contributed by atoms with Crippen LogP contribution in [-0.4, -0.2) is 33.0 Å². The molecule has 2 rings (SSSR count). The molecular weight excluding hydrogens is 282 g/mol. The van der Waals surface area contributed by atoms with Gasteiger partial charge in [0.15, 0.2) is 0 Å². The zero-order chi connectivity index (χ0) is 13.8. The number of thioether (sulfide) groups is 1. The molecule has 1 saturated heterocycles. The van der Waals surface area contributed by atoms with Gasteiger partial charge in [-0.1, -0.05) is 31.6 Å². The van der Waals surface area contributed by atoms with Crippen LogP contribution in [0.25, 0.3) is 0 Å². The van der Waals surface area contributed by atoms with E-state index in [0.717, 1.165) is 30.0 Å². The molecule has 0 aromatic carbocycles. The Labute approximate surface area is 120 Å². The summed E-state index contributed by atoms with van der Waals surface area (Å²) >= 11 is 2.86. The van der Waals surface area contributed by atoms with Crippen LogP contribution in [0, 0.1) is 0 Å². The Kier molecular flexibility index (Phi) is 4.93. The van der Waals surface area contributed by atoms with E-state index in [1.54, 1.807) is 0 Å². The van der Waals surface area contributed by atoms with E-state index < -0.39 is 0 Å². The highest BCUT2D eigenvalue weighted by atomic mass is 32.2. The second-order valence-electron chi connectivity index (χ2n) is 4.30. The summed E-state index contributed by atoms with van der Waals surface area (Å²) in [7, 11) is 0. The van der Waals surface area contributed by atoms with Crippen LogP contribution in [0.2, 0.25) is 0 Å². The summed E-state index contributed by atoms with van der Waals surface area (Å²) < 4.78 is 0. The van der Waals surface area contributed by atoms with Crippen LogP contribution < -0.4 is 4.90 Å². The maximum atomic E-state index is 12.2. The maximum Gasteiger partial charge on any atom is 0.249 e. The Morgan fingerprint density at radius 2 is 2.16 bits per heavy atom. The third-order valence-electron chi connectivity index (χ3n) is 2.86. The minimum atomic E-state index is -0.250. The zero-order valence-electron chi connectivity index (χ0n) is 11.1. The van der Waals surface area contributed by atoms with Gasteiger partial charge in [0.05, 0.1) is 5.25 Å². The zero-order valence-corrected chi connectivity index (χ0v) is 12.7. The first kappa shape index (κ1) is 14.5. The smallest absolute Gasteiger partial charge is 0.249 e. The molecule has 2 heterocycles. The van der Waals surface area contributed by atoms with Crippen molar-refractivity contribution in [1.29, 1.82) is 0 Å². The van der Waals surface area contributed by atoms with Crippen molar-refractivity contribution in [3.05, 3.63) is 5.01 Å². The van der Waals surface area contributed by atoms with Crippen molar-refractivity contribution in [3.63, 3.8) is 0 Å². The van der Waals surface area contributed by atoms with Gasteiger partial charge in [-0.3, -0.25) is 9.59 Å². The van der Waals surface area contributed by atoms with Crippen LogP contribution in [0.3, 0.4) is 0 Å². The summed E-state index contributed by atoms with van der Waals surface area (Å²) in [5, 5.41) is 9.12. The second-order valence-corrected chi connectivity index (χ2v) is 6.82. The summed E-state index contributed by atoms with van der Waals surface area (Å²) in [5.41, 5.74) is 0. The number of carbonyl (C=O) groups is 2. The number of rotatable bonds is 6. The minimum absolute atomic E-state index is 0.143. The molecule has 19 heavy (non-hydrogen) atoms. The van der Waals surface area contributed by atoms with E-state index in [0.29, 0.717) is 5.13 Å². The highest BCUT2D eigenvalue weighted by Gasteiger charge is 2.41. The summed E-state index contributed by atoms with van der Waals surface area (Å²) in [6.07, 6.45) is 3.27. The molecule has 104 valence electrons. The van der Waals surface area contributed by atoms with E-state index in [4.69, 9.17) is 0 Å². The number of carbonyl (C=O) groups excluding carboxylic acids is 2. The first-order valence-electron chi connectivity index (χ1n) is 6.48. The van der Waals surface area contributed by atoms with Gasteiger partial charge in [0.2, 0.25) is 16.9 Å². The number of aryl methyl sites for hydroxylation is 1. The molecule has 0 aliphatic carbocycles. The quantitative estimate of drug-likeness (QED) is 0.754. The molecule has 1 aromatic rings. The third kappa shape index (κ3) is 3.14. The molecule has 7 heteroatoms. The number of unbranched alkanes of at least 4 members (excludes halogenated alkanes) is 1. The number of hydrogen-bond donors (Lipinski definition) is 0. The van der Waals surface area contributed by atoms with Crippen molar-refractivity contribution in [2.24, 2.45) is 0 Å². The average molecular weight is 299 g/mol. The number of nitrogens with zero attached hydrogens (tertiary/aromatic N) is 3. The van der Waals surface area contributed by atoms with Gasteiger partial charge < -0.3 is 0 Å². The number of anilines is 1. The number of amides is 2. The van der Waals surface area contributed by atoms with Crippen LogP contribution in [0.15, 0.2) is 0 Å². The predicted octanol–water partition coefficient (Wildman–Crippen LogP) is 2.27. The molecule has 0 bridgehead atoms. The lowest BCUT2D eigenvalue weighted by Gasteiger charge is -2.09. The van der Waals surface area contributed by atoms with Crippen LogP contribution in [0.4, 0.5) is 5.13 Å². The third-order valence-corrected chi connectivity index (χ3v) is 4.94. The Morgan fingerprint density at radius 1 is 1.37 bits per heavy atom. The van der Waals surface area contributed by atoms with Crippen molar-refractivity contribution in [2.45, 2.75) is 44.8 Å². The molecule has 0 N–H and O–H groups in total. The van der Waals surface area contributed by atoms with Gasteiger partial charge in [0, 0.05) is 12.8 Å².